The Bertz CT molecular complexity index is 331. The van der Waals surface area contributed by atoms with E-state index in [2.05, 4.69) is 0 Å². The SMILES string of the molecule is N=S(=O)(CCO)c1ccccc1. The van der Waals surface area contributed by atoms with Gasteiger partial charge in [0.1, 0.15) is 0 Å². The predicted molar refractivity (Wildman–Crippen MR) is 47.5 cm³/mol. The molecule has 1 unspecified atom stereocenters. The van der Waals surface area contributed by atoms with Gasteiger partial charge in [-0.1, -0.05) is 18.2 Å². The lowest BCUT2D eigenvalue weighted by molar-refractivity contribution is 0.321. The molecule has 0 aliphatic rings. The Balaban J connectivity index is 2.99. The van der Waals surface area contributed by atoms with Crippen molar-refractivity contribution in [2.75, 3.05) is 12.4 Å². The van der Waals surface area contributed by atoms with Gasteiger partial charge >= 0.3 is 0 Å². The molecule has 4 heteroatoms. The molecule has 0 heterocycles. The standard InChI is InChI=1S/C8H11NO2S/c9-12(11,7-6-10)8-4-2-1-3-5-8/h1-5,9-10H,6-7H2. The topological polar surface area (TPSA) is 61.2 Å². The molecule has 0 fully saturated rings. The third-order valence-electron chi connectivity index (χ3n) is 1.50. The molecule has 66 valence electrons. The van der Waals surface area contributed by atoms with Crippen LogP contribution in [0.1, 0.15) is 0 Å². The summed E-state index contributed by atoms with van der Waals surface area (Å²) in [6.45, 7) is -0.211. The summed E-state index contributed by atoms with van der Waals surface area (Å²) in [6.07, 6.45) is 0. The monoisotopic (exact) mass is 185 g/mol. The summed E-state index contributed by atoms with van der Waals surface area (Å²) in [7, 11) is -2.76. The fraction of sp³-hybridized carbons (Fsp3) is 0.250. The predicted octanol–water partition coefficient (Wildman–Crippen LogP) is 1.08. The van der Waals surface area contributed by atoms with E-state index in [0.717, 1.165) is 0 Å². The molecule has 0 amide bonds. The molecule has 0 radical (unpaired) electrons. The summed E-state index contributed by atoms with van der Waals surface area (Å²) >= 11 is 0. The number of hydrogen-bond donors (Lipinski definition) is 2. The molecule has 12 heavy (non-hydrogen) atoms. The molecule has 1 aromatic carbocycles. The fourth-order valence-corrected chi connectivity index (χ4v) is 1.98. The molecule has 0 saturated heterocycles. The Labute approximate surface area is 72.0 Å². The maximum atomic E-state index is 11.5. The van der Waals surface area contributed by atoms with Gasteiger partial charge < -0.3 is 5.11 Å². The third kappa shape index (κ3) is 2.06. The summed E-state index contributed by atoms with van der Waals surface area (Å²) in [5.41, 5.74) is 0. The number of rotatable bonds is 3. The number of benzene rings is 1. The molecule has 0 aliphatic carbocycles. The van der Waals surface area contributed by atoms with E-state index < -0.39 is 9.73 Å². The lowest BCUT2D eigenvalue weighted by Gasteiger charge is -2.03. The summed E-state index contributed by atoms with van der Waals surface area (Å²) in [4.78, 5) is 0.485. The first-order chi connectivity index (χ1) is 5.67. The van der Waals surface area contributed by atoms with Crippen molar-refractivity contribution in [3.05, 3.63) is 30.3 Å². The highest BCUT2D eigenvalue weighted by molar-refractivity contribution is 7.92. The van der Waals surface area contributed by atoms with Crippen LogP contribution in [0.3, 0.4) is 0 Å². The molecular weight excluding hydrogens is 174 g/mol. The molecule has 1 rings (SSSR count). The highest BCUT2D eigenvalue weighted by Crippen LogP contribution is 2.09. The van der Waals surface area contributed by atoms with Gasteiger partial charge in [0.2, 0.25) is 0 Å². The first-order valence-corrected chi connectivity index (χ1v) is 5.32. The largest absolute Gasteiger partial charge is 0.395 e. The van der Waals surface area contributed by atoms with Crippen LogP contribution in [-0.4, -0.2) is 21.7 Å². The van der Waals surface area contributed by atoms with Crippen LogP contribution in [-0.2, 0) is 9.73 Å². The molecule has 0 aromatic heterocycles. The maximum absolute atomic E-state index is 11.5. The van der Waals surface area contributed by atoms with Crippen molar-refractivity contribution >= 4 is 9.73 Å². The first kappa shape index (κ1) is 9.22. The molecule has 0 spiro atoms. The van der Waals surface area contributed by atoms with Crippen molar-refractivity contribution in [3.63, 3.8) is 0 Å². The zero-order valence-corrected chi connectivity index (χ0v) is 7.38. The van der Waals surface area contributed by atoms with E-state index in [1.54, 1.807) is 30.3 Å². The third-order valence-corrected chi connectivity index (χ3v) is 3.29. The van der Waals surface area contributed by atoms with Gasteiger partial charge in [0.05, 0.1) is 22.1 Å². The van der Waals surface area contributed by atoms with E-state index in [-0.39, 0.29) is 12.4 Å². The van der Waals surface area contributed by atoms with Gasteiger partial charge in [-0.15, -0.1) is 0 Å². The second-order valence-electron chi connectivity index (χ2n) is 2.42. The van der Waals surface area contributed by atoms with Gasteiger partial charge in [0.15, 0.2) is 0 Å². The molecule has 1 aromatic rings. The zero-order valence-electron chi connectivity index (χ0n) is 6.56. The summed E-state index contributed by atoms with van der Waals surface area (Å²) in [6, 6.07) is 8.57. The normalized spacial score (nSPS) is 15.4. The van der Waals surface area contributed by atoms with Crippen molar-refractivity contribution in [1.29, 1.82) is 4.78 Å². The molecule has 0 aliphatic heterocycles. The van der Waals surface area contributed by atoms with Crippen LogP contribution in [0.25, 0.3) is 0 Å². The van der Waals surface area contributed by atoms with Gasteiger partial charge in [-0.3, -0.25) is 0 Å². The van der Waals surface area contributed by atoms with Crippen molar-refractivity contribution in [2.24, 2.45) is 0 Å². The van der Waals surface area contributed by atoms with Crippen LogP contribution >= 0.6 is 0 Å². The maximum Gasteiger partial charge on any atom is 0.0748 e. The first-order valence-electron chi connectivity index (χ1n) is 3.59. The minimum atomic E-state index is -2.76. The molecule has 0 saturated carbocycles. The second-order valence-corrected chi connectivity index (χ2v) is 4.65. The summed E-state index contributed by atoms with van der Waals surface area (Å²) in [5, 5.41) is 8.56. The van der Waals surface area contributed by atoms with Crippen LogP contribution in [0.4, 0.5) is 0 Å². The van der Waals surface area contributed by atoms with Crippen LogP contribution in [0.2, 0.25) is 0 Å². The minimum Gasteiger partial charge on any atom is -0.395 e. The van der Waals surface area contributed by atoms with E-state index in [9.17, 15) is 4.21 Å². The van der Waals surface area contributed by atoms with Crippen LogP contribution in [0.15, 0.2) is 35.2 Å². The van der Waals surface area contributed by atoms with Gasteiger partial charge in [-0.2, -0.15) is 0 Å². The highest BCUT2D eigenvalue weighted by Gasteiger charge is 2.07. The van der Waals surface area contributed by atoms with Crippen molar-refractivity contribution < 1.29 is 9.32 Å². The Morgan fingerprint density at radius 3 is 2.42 bits per heavy atom. The molecule has 1 atom stereocenters. The Kier molecular flexibility index (Phi) is 2.83. The quantitative estimate of drug-likeness (QED) is 0.740. The lowest BCUT2D eigenvalue weighted by Crippen LogP contribution is -2.07. The van der Waals surface area contributed by atoms with Crippen molar-refractivity contribution in [1.82, 2.24) is 0 Å². The summed E-state index contributed by atoms with van der Waals surface area (Å²) in [5.74, 6) is 0.0109. The highest BCUT2D eigenvalue weighted by atomic mass is 32.2. The van der Waals surface area contributed by atoms with Crippen molar-refractivity contribution in [3.8, 4) is 0 Å². The average molecular weight is 185 g/mol. The van der Waals surface area contributed by atoms with Crippen LogP contribution < -0.4 is 0 Å². The Morgan fingerprint density at radius 2 is 1.92 bits per heavy atom. The van der Waals surface area contributed by atoms with Crippen molar-refractivity contribution in [2.45, 2.75) is 4.90 Å². The minimum absolute atomic E-state index is 0.0109. The van der Waals surface area contributed by atoms with E-state index in [0.29, 0.717) is 4.90 Å². The number of aliphatic hydroxyl groups excluding tert-OH is 1. The smallest absolute Gasteiger partial charge is 0.0748 e. The van der Waals surface area contributed by atoms with Gasteiger partial charge in [0.25, 0.3) is 0 Å². The number of aliphatic hydroxyl groups is 1. The zero-order chi connectivity index (χ0) is 9.03. The van der Waals surface area contributed by atoms with E-state index in [1.165, 1.54) is 0 Å². The molecular formula is C8H11NO2S. The Morgan fingerprint density at radius 1 is 1.33 bits per heavy atom. The number of nitrogens with one attached hydrogen (secondary N) is 1. The molecule has 0 bridgehead atoms. The van der Waals surface area contributed by atoms with Crippen LogP contribution in [0, 0.1) is 4.78 Å². The van der Waals surface area contributed by atoms with Gasteiger partial charge in [-0.25, -0.2) is 8.99 Å². The fourth-order valence-electron chi connectivity index (χ4n) is 0.887. The number of hydrogen-bond acceptors (Lipinski definition) is 3. The second kappa shape index (κ2) is 3.69. The Hall–Kier alpha value is -0.870. The van der Waals surface area contributed by atoms with E-state index in [1.807, 2.05) is 0 Å². The van der Waals surface area contributed by atoms with E-state index >= 15 is 0 Å². The molecule has 2 N–H and O–H groups in total. The molecule has 3 nitrogen and oxygen atoms in total. The van der Waals surface area contributed by atoms with E-state index in [4.69, 9.17) is 9.89 Å². The van der Waals surface area contributed by atoms with Crippen LogP contribution in [0.5, 0.6) is 0 Å². The van der Waals surface area contributed by atoms with Gasteiger partial charge in [0, 0.05) is 4.90 Å². The summed E-state index contributed by atoms with van der Waals surface area (Å²) < 4.78 is 18.9. The average Bonchev–Trinajstić information content (AvgIpc) is 2.06. The van der Waals surface area contributed by atoms with Gasteiger partial charge in [-0.05, 0) is 12.1 Å². The lowest BCUT2D eigenvalue weighted by atomic mass is 10.4.